The fourth-order valence-electron chi connectivity index (χ4n) is 2.50. The molecule has 8 nitrogen and oxygen atoms in total. The maximum absolute atomic E-state index is 12.7. The molecule has 0 bridgehead atoms. The minimum atomic E-state index is -0.679. The van der Waals surface area contributed by atoms with E-state index in [1.165, 1.54) is 28.4 Å². The van der Waals surface area contributed by atoms with E-state index in [0.29, 0.717) is 20.9 Å². The molecule has 0 radical (unpaired) electrons. The van der Waals surface area contributed by atoms with Crippen LogP contribution in [0.5, 0.6) is 0 Å². The number of aromatic nitrogens is 2. The fraction of sp³-hybridized carbons (Fsp3) is 0.105. The number of benzene rings is 1. The number of halogens is 1. The average Bonchev–Trinajstić information content (AvgIpc) is 3.21. The predicted molar refractivity (Wildman–Crippen MR) is 114 cm³/mol. The summed E-state index contributed by atoms with van der Waals surface area (Å²) in [6.07, 6.45) is 4.07. The van der Waals surface area contributed by atoms with Crippen LogP contribution >= 0.6 is 27.3 Å². The standard InChI is InChI=1S/C19H15BrN4O4S/c1-2-10-28-19(25)23(11-14-15(20)4-3-5-16(14)24(26)27)17-12-29-18(22-17)13-6-8-21-9-7-13/h2-9,12H,1,10-11H2. The van der Waals surface area contributed by atoms with Gasteiger partial charge in [-0.15, -0.1) is 11.3 Å². The molecule has 0 saturated carbocycles. The van der Waals surface area contributed by atoms with Gasteiger partial charge in [-0.1, -0.05) is 34.7 Å². The number of hydrogen-bond acceptors (Lipinski definition) is 7. The van der Waals surface area contributed by atoms with Crippen molar-refractivity contribution in [3.05, 3.63) is 80.9 Å². The van der Waals surface area contributed by atoms with Crippen molar-refractivity contribution in [3.63, 3.8) is 0 Å². The number of carbonyl (C=O) groups is 1. The first-order valence-corrected chi connectivity index (χ1v) is 10.0. The Morgan fingerprint density at radius 3 is 2.79 bits per heavy atom. The van der Waals surface area contributed by atoms with Crippen LogP contribution in [0.3, 0.4) is 0 Å². The minimum absolute atomic E-state index is 0.00867. The minimum Gasteiger partial charge on any atom is -0.445 e. The quantitative estimate of drug-likeness (QED) is 0.265. The van der Waals surface area contributed by atoms with Crippen molar-refractivity contribution in [2.75, 3.05) is 11.5 Å². The van der Waals surface area contributed by atoms with E-state index in [2.05, 4.69) is 32.5 Å². The second kappa shape index (κ2) is 9.39. The first kappa shape index (κ1) is 20.6. The molecular formula is C19H15BrN4O4S. The second-order valence-electron chi connectivity index (χ2n) is 5.69. The summed E-state index contributed by atoms with van der Waals surface area (Å²) in [5.41, 5.74) is 1.08. The number of hydrogen-bond donors (Lipinski definition) is 0. The zero-order valence-electron chi connectivity index (χ0n) is 15.0. The molecule has 0 fully saturated rings. The van der Waals surface area contributed by atoms with Gasteiger partial charge in [-0.05, 0) is 18.2 Å². The lowest BCUT2D eigenvalue weighted by molar-refractivity contribution is -0.385. The molecule has 0 aliphatic heterocycles. The van der Waals surface area contributed by atoms with Crippen LogP contribution in [0.2, 0.25) is 0 Å². The zero-order valence-corrected chi connectivity index (χ0v) is 17.4. The fourth-order valence-corrected chi connectivity index (χ4v) is 3.79. The summed E-state index contributed by atoms with van der Waals surface area (Å²) in [5.74, 6) is 0.334. The highest BCUT2D eigenvalue weighted by Crippen LogP contribution is 2.32. The predicted octanol–water partition coefficient (Wildman–Crippen LogP) is 5.21. The van der Waals surface area contributed by atoms with E-state index < -0.39 is 11.0 Å². The van der Waals surface area contributed by atoms with E-state index >= 15 is 0 Å². The highest BCUT2D eigenvalue weighted by molar-refractivity contribution is 9.10. The van der Waals surface area contributed by atoms with E-state index in [4.69, 9.17) is 4.74 Å². The largest absolute Gasteiger partial charge is 0.445 e. The molecule has 3 aromatic rings. The molecule has 0 N–H and O–H groups in total. The number of nitrogens with zero attached hydrogens (tertiary/aromatic N) is 4. The Labute approximate surface area is 178 Å². The van der Waals surface area contributed by atoms with E-state index in [0.717, 1.165) is 5.56 Å². The number of ether oxygens (including phenoxy) is 1. The smallest absolute Gasteiger partial charge is 0.416 e. The van der Waals surface area contributed by atoms with Crippen LogP contribution in [0.15, 0.2) is 65.2 Å². The summed E-state index contributed by atoms with van der Waals surface area (Å²) in [4.78, 5) is 33.4. The Morgan fingerprint density at radius 1 is 1.34 bits per heavy atom. The maximum Gasteiger partial charge on any atom is 0.416 e. The number of thiazole rings is 1. The molecule has 1 amide bonds. The summed E-state index contributed by atoms with van der Waals surface area (Å²) in [5, 5.41) is 13.8. The molecule has 2 heterocycles. The van der Waals surface area contributed by atoms with Gasteiger partial charge in [-0.2, -0.15) is 0 Å². The normalized spacial score (nSPS) is 10.4. The van der Waals surface area contributed by atoms with Gasteiger partial charge in [0.2, 0.25) is 0 Å². The van der Waals surface area contributed by atoms with Crippen LogP contribution in [-0.2, 0) is 11.3 Å². The molecule has 29 heavy (non-hydrogen) atoms. The van der Waals surface area contributed by atoms with Gasteiger partial charge in [-0.25, -0.2) is 9.78 Å². The third-order valence-electron chi connectivity index (χ3n) is 3.85. The van der Waals surface area contributed by atoms with Crippen molar-refractivity contribution in [1.82, 2.24) is 9.97 Å². The van der Waals surface area contributed by atoms with Gasteiger partial charge in [0.25, 0.3) is 5.69 Å². The van der Waals surface area contributed by atoms with E-state index in [1.54, 1.807) is 29.9 Å². The molecule has 0 saturated heterocycles. The second-order valence-corrected chi connectivity index (χ2v) is 7.41. The van der Waals surface area contributed by atoms with Crippen molar-refractivity contribution >= 4 is 44.9 Å². The summed E-state index contributed by atoms with van der Waals surface area (Å²) >= 11 is 4.68. The van der Waals surface area contributed by atoms with Crippen LogP contribution in [0.25, 0.3) is 10.6 Å². The molecule has 0 spiro atoms. The summed E-state index contributed by atoms with van der Waals surface area (Å²) in [6.45, 7) is 3.45. The van der Waals surface area contributed by atoms with Gasteiger partial charge in [-0.3, -0.25) is 20.0 Å². The maximum atomic E-state index is 12.7. The van der Waals surface area contributed by atoms with Gasteiger partial charge < -0.3 is 4.74 Å². The molecule has 148 valence electrons. The first-order chi connectivity index (χ1) is 14.0. The van der Waals surface area contributed by atoms with E-state index in [9.17, 15) is 14.9 Å². The first-order valence-electron chi connectivity index (χ1n) is 8.34. The van der Waals surface area contributed by atoms with Gasteiger partial charge in [0.05, 0.1) is 17.0 Å². The number of rotatable bonds is 7. The number of nitro groups is 1. The van der Waals surface area contributed by atoms with Gasteiger partial charge in [0.15, 0.2) is 0 Å². The third kappa shape index (κ3) is 4.84. The van der Waals surface area contributed by atoms with E-state index in [1.807, 2.05) is 12.1 Å². The highest BCUT2D eigenvalue weighted by Gasteiger charge is 2.26. The SMILES string of the molecule is C=CCOC(=O)N(Cc1c(Br)cccc1[N+](=O)[O-])c1csc(-c2ccncc2)n1. The molecular weight excluding hydrogens is 460 g/mol. The molecule has 0 aliphatic carbocycles. The van der Waals surface area contributed by atoms with Crippen LogP contribution in [-0.4, -0.2) is 27.6 Å². The number of pyridine rings is 1. The van der Waals surface area contributed by atoms with Gasteiger partial charge in [0, 0.05) is 33.9 Å². The number of nitro benzene ring substituents is 1. The lowest BCUT2D eigenvalue weighted by Crippen LogP contribution is -2.31. The topological polar surface area (TPSA) is 98.5 Å². The molecule has 1 aromatic carbocycles. The highest BCUT2D eigenvalue weighted by atomic mass is 79.9. The zero-order chi connectivity index (χ0) is 20.8. The Bertz CT molecular complexity index is 1040. The van der Waals surface area contributed by atoms with Crippen molar-refractivity contribution in [2.45, 2.75) is 6.54 Å². The lowest BCUT2D eigenvalue weighted by atomic mass is 10.1. The summed E-state index contributed by atoms with van der Waals surface area (Å²) in [7, 11) is 0. The average molecular weight is 475 g/mol. The van der Waals surface area contributed by atoms with E-state index in [-0.39, 0.29) is 18.8 Å². The number of carbonyl (C=O) groups excluding carboxylic acids is 1. The van der Waals surface area contributed by atoms with Crippen LogP contribution in [0.1, 0.15) is 5.56 Å². The molecule has 0 aliphatic rings. The molecule has 10 heteroatoms. The Hall–Kier alpha value is -3.11. The van der Waals surface area contributed by atoms with Crippen LogP contribution < -0.4 is 4.90 Å². The van der Waals surface area contributed by atoms with Gasteiger partial charge in [0.1, 0.15) is 17.4 Å². The Balaban J connectivity index is 1.99. The van der Waals surface area contributed by atoms with Crippen molar-refractivity contribution in [3.8, 4) is 10.6 Å². The number of amides is 1. The number of anilines is 1. The Kier molecular flexibility index (Phi) is 6.68. The summed E-state index contributed by atoms with van der Waals surface area (Å²) < 4.78 is 5.69. The molecule has 3 rings (SSSR count). The Morgan fingerprint density at radius 2 is 2.10 bits per heavy atom. The van der Waals surface area contributed by atoms with Crippen molar-refractivity contribution in [1.29, 1.82) is 0 Å². The van der Waals surface area contributed by atoms with Gasteiger partial charge >= 0.3 is 6.09 Å². The van der Waals surface area contributed by atoms with Crippen LogP contribution in [0.4, 0.5) is 16.3 Å². The van der Waals surface area contributed by atoms with Crippen LogP contribution in [0, 0.1) is 10.1 Å². The monoisotopic (exact) mass is 474 g/mol. The third-order valence-corrected chi connectivity index (χ3v) is 5.47. The van der Waals surface area contributed by atoms with Crippen molar-refractivity contribution < 1.29 is 14.5 Å². The molecule has 0 atom stereocenters. The lowest BCUT2D eigenvalue weighted by Gasteiger charge is -2.20. The molecule has 2 aromatic heterocycles. The molecule has 0 unspecified atom stereocenters. The summed E-state index contributed by atoms with van der Waals surface area (Å²) in [6, 6.07) is 8.25. The van der Waals surface area contributed by atoms with Crippen molar-refractivity contribution in [2.24, 2.45) is 0 Å².